The Hall–Kier alpha value is -4.59. The normalized spacial score (nSPS) is 21.7. The molecule has 0 spiro atoms. The molecule has 1 aliphatic heterocycles. The number of nitrogens with two attached hydrogens (primary N) is 2. The quantitative estimate of drug-likeness (QED) is 0.323. The molecule has 1 aromatic heterocycles. The van der Waals surface area contributed by atoms with E-state index < -0.39 is 17.2 Å². The highest BCUT2D eigenvalue weighted by Crippen LogP contribution is 2.49. The van der Waals surface area contributed by atoms with Crippen molar-refractivity contribution in [2.75, 3.05) is 0 Å². The Bertz CT molecular complexity index is 1540. The minimum Gasteiger partial charge on any atom is -0.366 e. The van der Waals surface area contributed by atoms with Crippen molar-refractivity contribution < 1.29 is 14.4 Å². The number of aryl methyl sites for hydroxylation is 3. The molecule has 11 heteroatoms. The standard InChI is InChI=1S/C30H32N8O3/c1-33-25-16-21-15-24(21)38(25)26(39)5-3-4-12-30(29-34-35-36-37(29)2)22-10-8-19(27(31)40)13-17(22)6-7-18-14-20(28(32)41)9-11-23(18)30/h8-11,13-14,21,24-25H,3-7,12,15-16H2,2H3,(H2,31,40)(H2,32,41)/t21-,24-,25-/m0/s1. The van der Waals surface area contributed by atoms with Crippen LogP contribution in [0.3, 0.4) is 0 Å². The summed E-state index contributed by atoms with van der Waals surface area (Å²) in [5.74, 6) is 0.143. The van der Waals surface area contributed by atoms with Gasteiger partial charge in [-0.3, -0.25) is 24.1 Å². The van der Waals surface area contributed by atoms with Gasteiger partial charge in [-0.25, -0.2) is 11.3 Å². The largest absolute Gasteiger partial charge is 0.366 e. The van der Waals surface area contributed by atoms with E-state index in [1.807, 2.05) is 29.2 Å². The molecule has 1 saturated carbocycles. The van der Waals surface area contributed by atoms with Crippen LogP contribution in [0.1, 0.15) is 87.3 Å². The van der Waals surface area contributed by atoms with Crippen molar-refractivity contribution in [3.05, 3.63) is 87.0 Å². The first-order valence-corrected chi connectivity index (χ1v) is 14.0. The van der Waals surface area contributed by atoms with E-state index in [4.69, 9.17) is 18.0 Å². The average Bonchev–Trinajstić information content (AvgIpc) is 3.46. The fraction of sp³-hybridized carbons (Fsp3) is 0.433. The highest BCUT2D eigenvalue weighted by atomic mass is 16.2. The molecule has 2 heterocycles. The maximum Gasteiger partial charge on any atom is 0.301 e. The summed E-state index contributed by atoms with van der Waals surface area (Å²) in [5.41, 5.74) is 15.1. The molecule has 0 bridgehead atoms. The van der Waals surface area contributed by atoms with Crippen LogP contribution in [0.15, 0.2) is 36.4 Å². The molecule has 210 valence electrons. The van der Waals surface area contributed by atoms with E-state index in [1.54, 1.807) is 23.9 Å². The van der Waals surface area contributed by atoms with E-state index in [0.29, 0.717) is 61.4 Å². The number of piperidine rings is 1. The molecule has 6 rings (SSSR count). The van der Waals surface area contributed by atoms with Crippen LogP contribution < -0.4 is 11.5 Å². The first-order chi connectivity index (χ1) is 19.7. The predicted molar refractivity (Wildman–Crippen MR) is 148 cm³/mol. The van der Waals surface area contributed by atoms with Crippen LogP contribution in [0.5, 0.6) is 0 Å². The molecule has 1 saturated heterocycles. The fourth-order valence-corrected chi connectivity index (χ4v) is 7.06. The van der Waals surface area contributed by atoms with Crippen LogP contribution in [0.2, 0.25) is 0 Å². The second-order valence-electron chi connectivity index (χ2n) is 11.4. The highest BCUT2D eigenvalue weighted by molar-refractivity contribution is 5.94. The molecule has 2 aromatic carbocycles. The minimum atomic E-state index is -0.816. The van der Waals surface area contributed by atoms with Gasteiger partial charge in [-0.05, 0) is 95.0 Å². The number of nitrogens with zero attached hydrogens (tertiary/aromatic N) is 6. The van der Waals surface area contributed by atoms with Crippen molar-refractivity contribution >= 4 is 17.7 Å². The van der Waals surface area contributed by atoms with E-state index in [1.165, 1.54) is 0 Å². The molecule has 11 nitrogen and oxygen atoms in total. The molecule has 0 unspecified atom stereocenters. The molecular weight excluding hydrogens is 520 g/mol. The predicted octanol–water partition coefficient (Wildman–Crippen LogP) is 2.27. The van der Waals surface area contributed by atoms with Crippen molar-refractivity contribution in [2.45, 2.75) is 69.0 Å². The van der Waals surface area contributed by atoms with Crippen molar-refractivity contribution in [3.63, 3.8) is 0 Å². The Morgan fingerprint density at radius 1 is 1.00 bits per heavy atom. The number of tetrazole rings is 1. The van der Waals surface area contributed by atoms with Crippen LogP contribution in [0, 0.1) is 12.5 Å². The van der Waals surface area contributed by atoms with Gasteiger partial charge in [-0.1, -0.05) is 18.6 Å². The van der Waals surface area contributed by atoms with Crippen LogP contribution in [0.25, 0.3) is 4.85 Å². The number of carbonyl (C=O) groups is 3. The number of amides is 3. The summed E-state index contributed by atoms with van der Waals surface area (Å²) in [6.07, 6.45) is 4.96. The second-order valence-corrected chi connectivity index (χ2v) is 11.4. The number of carbonyl (C=O) groups excluding carboxylic acids is 3. The first-order valence-electron chi connectivity index (χ1n) is 14.0. The van der Waals surface area contributed by atoms with Crippen LogP contribution in [-0.4, -0.2) is 55.0 Å². The third-order valence-corrected chi connectivity index (χ3v) is 9.07. The minimum absolute atomic E-state index is 0.0456. The molecule has 3 aromatic rings. The van der Waals surface area contributed by atoms with Gasteiger partial charge in [0, 0.05) is 37.1 Å². The molecule has 0 radical (unpaired) electrons. The monoisotopic (exact) mass is 552 g/mol. The molecule has 3 atom stereocenters. The summed E-state index contributed by atoms with van der Waals surface area (Å²) in [6.45, 7) is 7.50. The summed E-state index contributed by atoms with van der Waals surface area (Å²) >= 11 is 0. The van der Waals surface area contributed by atoms with Crippen molar-refractivity contribution in [1.82, 2.24) is 25.1 Å². The van der Waals surface area contributed by atoms with E-state index in [9.17, 15) is 14.4 Å². The second kappa shape index (κ2) is 10.1. The topological polar surface area (TPSA) is 154 Å². The lowest BCUT2D eigenvalue weighted by molar-refractivity contribution is -0.132. The summed E-state index contributed by atoms with van der Waals surface area (Å²) in [4.78, 5) is 42.9. The Morgan fingerprint density at radius 3 is 2.17 bits per heavy atom. The van der Waals surface area contributed by atoms with Gasteiger partial charge in [-0.2, -0.15) is 0 Å². The molecule has 2 aliphatic carbocycles. The van der Waals surface area contributed by atoms with Crippen LogP contribution in [-0.2, 0) is 30.1 Å². The summed E-state index contributed by atoms with van der Waals surface area (Å²) in [7, 11) is 1.80. The number of unbranched alkanes of at least 4 members (excludes halogenated alkanes) is 1. The lowest BCUT2D eigenvalue weighted by Crippen LogP contribution is -2.37. The number of hydrogen-bond donors (Lipinski definition) is 2. The fourth-order valence-electron chi connectivity index (χ4n) is 7.06. The number of likely N-dealkylation sites (tertiary alicyclic amines) is 1. The van der Waals surface area contributed by atoms with Gasteiger partial charge in [0.1, 0.15) is 0 Å². The van der Waals surface area contributed by atoms with Gasteiger partial charge in [0.25, 0.3) is 0 Å². The van der Waals surface area contributed by atoms with E-state index in [-0.39, 0.29) is 18.1 Å². The SMILES string of the molecule is [C-]#[N+][C@@H]1C[C@@H]2C[C@@H]2N1C(=O)CCCCC1(c2nnnn2C)c2ccc(C(N)=O)cc2CCc2cc(C(N)=O)ccc21. The first kappa shape index (κ1) is 26.6. The van der Waals surface area contributed by atoms with Crippen LogP contribution in [0.4, 0.5) is 0 Å². The molecule has 3 aliphatic rings. The molecule has 2 fully saturated rings. The number of aromatic nitrogens is 4. The summed E-state index contributed by atoms with van der Waals surface area (Å²) < 4.78 is 1.66. The molecule has 3 amide bonds. The van der Waals surface area contributed by atoms with E-state index >= 15 is 0 Å². The molecular formula is C30H32N8O3. The van der Waals surface area contributed by atoms with Gasteiger partial charge in [0.15, 0.2) is 5.82 Å². The Kier molecular flexibility index (Phi) is 6.56. The van der Waals surface area contributed by atoms with Crippen LogP contribution >= 0.6 is 0 Å². The number of hydrogen-bond acceptors (Lipinski definition) is 6. The van der Waals surface area contributed by atoms with Gasteiger partial charge in [0.05, 0.1) is 5.41 Å². The number of primary amides is 2. The summed E-state index contributed by atoms with van der Waals surface area (Å²) in [6, 6.07) is 11.2. The number of rotatable bonds is 8. The number of fused-ring (bicyclic) bond motifs is 3. The molecule has 41 heavy (non-hydrogen) atoms. The zero-order chi connectivity index (χ0) is 28.9. The van der Waals surface area contributed by atoms with E-state index in [0.717, 1.165) is 35.1 Å². The smallest absolute Gasteiger partial charge is 0.301 e. The zero-order valence-corrected chi connectivity index (χ0v) is 22.9. The van der Waals surface area contributed by atoms with E-state index in [2.05, 4.69) is 20.4 Å². The van der Waals surface area contributed by atoms with Gasteiger partial charge < -0.3 is 11.5 Å². The average molecular weight is 553 g/mol. The van der Waals surface area contributed by atoms with Gasteiger partial charge >= 0.3 is 6.17 Å². The van der Waals surface area contributed by atoms with Crippen molar-refractivity contribution in [1.29, 1.82) is 0 Å². The lowest BCUT2D eigenvalue weighted by atomic mass is 9.68. The Labute approximate surface area is 237 Å². The maximum absolute atomic E-state index is 13.2. The van der Waals surface area contributed by atoms with Gasteiger partial charge in [-0.15, -0.1) is 5.10 Å². The van der Waals surface area contributed by atoms with Gasteiger partial charge in [0.2, 0.25) is 17.7 Å². The Balaban J connectivity index is 1.40. The van der Waals surface area contributed by atoms with Crippen molar-refractivity contribution in [3.8, 4) is 0 Å². The molecule has 4 N–H and O–H groups in total. The maximum atomic E-state index is 13.2. The summed E-state index contributed by atoms with van der Waals surface area (Å²) in [5, 5.41) is 12.6. The number of benzene rings is 2. The highest BCUT2D eigenvalue weighted by Gasteiger charge is 2.57. The third-order valence-electron chi connectivity index (χ3n) is 9.07. The lowest BCUT2D eigenvalue weighted by Gasteiger charge is -2.35. The third kappa shape index (κ3) is 4.43. The van der Waals surface area contributed by atoms with Crippen molar-refractivity contribution in [2.24, 2.45) is 24.4 Å². The Morgan fingerprint density at radius 2 is 1.63 bits per heavy atom. The zero-order valence-electron chi connectivity index (χ0n) is 22.9.